The van der Waals surface area contributed by atoms with Crippen molar-refractivity contribution in [3.63, 3.8) is 0 Å². The van der Waals surface area contributed by atoms with Crippen molar-refractivity contribution in [1.29, 1.82) is 0 Å². The average molecular weight is 293 g/mol. The molecule has 22 heavy (non-hydrogen) atoms. The van der Waals surface area contributed by atoms with Gasteiger partial charge in [0.15, 0.2) is 0 Å². The number of likely N-dealkylation sites (tertiary alicyclic amines) is 1. The van der Waals surface area contributed by atoms with Gasteiger partial charge in [-0.1, -0.05) is 43.3 Å². The first-order valence-corrected chi connectivity index (χ1v) is 8.21. The van der Waals surface area contributed by atoms with Crippen molar-refractivity contribution in [3.05, 3.63) is 65.2 Å². The molecule has 1 N–H and O–H groups in total. The zero-order valence-electron chi connectivity index (χ0n) is 13.3. The third kappa shape index (κ3) is 1.77. The Morgan fingerprint density at radius 2 is 1.91 bits per heavy atom. The van der Waals surface area contributed by atoms with Crippen LogP contribution >= 0.6 is 0 Å². The molecular formula is C20H23NO. The summed E-state index contributed by atoms with van der Waals surface area (Å²) in [6.07, 6.45) is 2.20. The van der Waals surface area contributed by atoms with Crippen molar-refractivity contribution in [1.82, 2.24) is 4.90 Å². The maximum absolute atomic E-state index is 10.1. The second-order valence-electron chi connectivity index (χ2n) is 6.97. The topological polar surface area (TPSA) is 23.5 Å². The summed E-state index contributed by atoms with van der Waals surface area (Å²) in [7, 11) is 2.25. The van der Waals surface area contributed by atoms with Gasteiger partial charge in [0, 0.05) is 11.5 Å². The van der Waals surface area contributed by atoms with Gasteiger partial charge in [0.1, 0.15) is 5.75 Å². The van der Waals surface area contributed by atoms with Gasteiger partial charge in [-0.25, -0.2) is 0 Å². The molecule has 2 heteroatoms. The Kier molecular flexibility index (Phi) is 3.05. The van der Waals surface area contributed by atoms with E-state index in [1.54, 1.807) is 0 Å². The Morgan fingerprint density at radius 1 is 1.14 bits per heavy atom. The fourth-order valence-electron chi connectivity index (χ4n) is 4.85. The molecule has 114 valence electrons. The van der Waals surface area contributed by atoms with Crippen molar-refractivity contribution >= 4 is 0 Å². The summed E-state index contributed by atoms with van der Waals surface area (Å²) in [6.45, 7) is 3.50. The number of aromatic hydroxyl groups is 1. The molecule has 1 fully saturated rings. The van der Waals surface area contributed by atoms with Crippen molar-refractivity contribution < 1.29 is 5.11 Å². The van der Waals surface area contributed by atoms with Crippen LogP contribution in [-0.2, 0) is 11.8 Å². The number of phenols is 1. The summed E-state index contributed by atoms with van der Waals surface area (Å²) in [6, 6.07) is 17.4. The molecule has 1 heterocycles. The molecule has 0 unspecified atom stereocenters. The van der Waals surface area contributed by atoms with Gasteiger partial charge in [-0.3, -0.25) is 0 Å². The zero-order chi connectivity index (χ0) is 15.3. The molecule has 1 aliphatic heterocycles. The summed E-state index contributed by atoms with van der Waals surface area (Å²) in [5.41, 5.74) is 4.17. The Hall–Kier alpha value is -1.80. The SMILES string of the molecule is C[C@@H]1[C@H]2Cc3ccc(O)cc3[C@@]1(c1ccccc1)CCN2C. The third-order valence-corrected chi connectivity index (χ3v) is 6.07. The van der Waals surface area contributed by atoms with E-state index in [1.807, 2.05) is 12.1 Å². The van der Waals surface area contributed by atoms with Crippen molar-refractivity contribution in [2.75, 3.05) is 13.6 Å². The molecule has 2 nitrogen and oxygen atoms in total. The van der Waals surface area contributed by atoms with E-state index in [4.69, 9.17) is 0 Å². The highest BCUT2D eigenvalue weighted by Crippen LogP contribution is 2.52. The van der Waals surface area contributed by atoms with E-state index < -0.39 is 0 Å². The lowest BCUT2D eigenvalue weighted by Crippen LogP contribution is -2.58. The highest BCUT2D eigenvalue weighted by molar-refractivity contribution is 5.51. The molecule has 0 saturated carbocycles. The second-order valence-corrected chi connectivity index (χ2v) is 6.97. The van der Waals surface area contributed by atoms with Gasteiger partial charge in [-0.2, -0.15) is 0 Å². The maximum atomic E-state index is 10.1. The molecule has 2 aromatic carbocycles. The number of phenolic OH excluding ortho intramolecular Hbond substituents is 1. The lowest BCUT2D eigenvalue weighted by Gasteiger charge is -2.55. The second kappa shape index (κ2) is 4.85. The van der Waals surface area contributed by atoms with Gasteiger partial charge < -0.3 is 10.0 Å². The van der Waals surface area contributed by atoms with Crippen molar-refractivity contribution in [2.24, 2.45) is 5.92 Å². The summed E-state index contributed by atoms with van der Waals surface area (Å²) in [4.78, 5) is 2.52. The summed E-state index contributed by atoms with van der Waals surface area (Å²) >= 11 is 0. The fraction of sp³-hybridized carbons (Fsp3) is 0.400. The minimum atomic E-state index is 0.0325. The molecule has 1 saturated heterocycles. The average Bonchev–Trinajstić information content (AvgIpc) is 2.53. The van der Waals surface area contributed by atoms with Crippen LogP contribution < -0.4 is 0 Å². The normalized spacial score (nSPS) is 30.8. The molecule has 1 aliphatic carbocycles. The number of nitrogens with zero attached hydrogens (tertiary/aromatic N) is 1. The predicted molar refractivity (Wildman–Crippen MR) is 89.2 cm³/mol. The van der Waals surface area contributed by atoms with Gasteiger partial charge in [0.05, 0.1) is 0 Å². The van der Waals surface area contributed by atoms with Crippen molar-refractivity contribution in [3.8, 4) is 5.75 Å². The molecule has 0 radical (unpaired) electrons. The largest absolute Gasteiger partial charge is 0.508 e. The summed E-state index contributed by atoms with van der Waals surface area (Å²) < 4.78 is 0. The minimum absolute atomic E-state index is 0.0325. The molecule has 4 rings (SSSR count). The number of benzene rings is 2. The number of piperidine rings is 1. The first-order valence-electron chi connectivity index (χ1n) is 8.21. The first kappa shape index (κ1) is 13.8. The molecule has 2 bridgehead atoms. The Balaban J connectivity index is 1.99. The lowest BCUT2D eigenvalue weighted by molar-refractivity contribution is 0.0613. The number of rotatable bonds is 1. The molecule has 2 aromatic rings. The Bertz CT molecular complexity index is 696. The number of fused-ring (bicyclic) bond motifs is 4. The van der Waals surface area contributed by atoms with Crippen LogP contribution in [0, 0.1) is 5.92 Å². The Morgan fingerprint density at radius 3 is 2.68 bits per heavy atom. The van der Waals surface area contributed by atoms with Crippen LogP contribution in [-0.4, -0.2) is 29.6 Å². The molecule has 0 amide bonds. The number of hydrogen-bond acceptors (Lipinski definition) is 2. The zero-order valence-corrected chi connectivity index (χ0v) is 13.3. The van der Waals surface area contributed by atoms with Crippen LogP contribution in [0.1, 0.15) is 30.0 Å². The quantitative estimate of drug-likeness (QED) is 0.869. The molecule has 0 aromatic heterocycles. The van der Waals surface area contributed by atoms with Gasteiger partial charge >= 0.3 is 0 Å². The number of hydrogen-bond donors (Lipinski definition) is 1. The van der Waals surface area contributed by atoms with Gasteiger partial charge in [0.2, 0.25) is 0 Å². The van der Waals surface area contributed by atoms with Crippen molar-refractivity contribution in [2.45, 2.75) is 31.2 Å². The molecule has 2 aliphatic rings. The van der Waals surface area contributed by atoms with E-state index in [9.17, 15) is 5.11 Å². The third-order valence-electron chi connectivity index (χ3n) is 6.07. The van der Waals surface area contributed by atoms with Crippen LogP contribution in [0.15, 0.2) is 48.5 Å². The predicted octanol–water partition coefficient (Wildman–Crippen LogP) is 3.57. The summed E-state index contributed by atoms with van der Waals surface area (Å²) in [5.74, 6) is 0.932. The molecule has 0 spiro atoms. The van der Waals surface area contributed by atoms with E-state index in [0.29, 0.717) is 17.7 Å². The standard InChI is InChI=1S/C20H23NO/c1-14-19-12-15-8-9-17(22)13-18(15)20(14,10-11-21(19)2)16-6-4-3-5-7-16/h3-9,13-14,19,22H,10-12H2,1-2H3/t14-,19-,20+/m1/s1. The first-order chi connectivity index (χ1) is 10.6. The monoisotopic (exact) mass is 293 g/mol. The number of likely N-dealkylation sites (N-methyl/N-ethyl adjacent to an activating group) is 1. The minimum Gasteiger partial charge on any atom is -0.508 e. The molecular weight excluding hydrogens is 270 g/mol. The smallest absolute Gasteiger partial charge is 0.115 e. The van der Waals surface area contributed by atoms with Crippen LogP contribution in [0.2, 0.25) is 0 Å². The van der Waals surface area contributed by atoms with Gasteiger partial charge in [-0.15, -0.1) is 0 Å². The van der Waals surface area contributed by atoms with Crippen LogP contribution in [0.4, 0.5) is 0 Å². The fourth-order valence-corrected chi connectivity index (χ4v) is 4.85. The van der Waals surface area contributed by atoms with Crippen LogP contribution in [0.25, 0.3) is 0 Å². The van der Waals surface area contributed by atoms with Gasteiger partial charge in [-0.05, 0) is 61.2 Å². The maximum Gasteiger partial charge on any atom is 0.115 e. The Labute approximate surface area is 132 Å². The van der Waals surface area contributed by atoms with Crippen LogP contribution in [0.3, 0.4) is 0 Å². The van der Waals surface area contributed by atoms with Crippen LogP contribution in [0.5, 0.6) is 5.75 Å². The van der Waals surface area contributed by atoms with E-state index in [-0.39, 0.29) is 5.41 Å². The highest BCUT2D eigenvalue weighted by Gasteiger charge is 2.51. The highest BCUT2D eigenvalue weighted by atomic mass is 16.3. The molecule has 3 atom stereocenters. The van der Waals surface area contributed by atoms with E-state index >= 15 is 0 Å². The van der Waals surface area contributed by atoms with E-state index in [2.05, 4.69) is 55.3 Å². The van der Waals surface area contributed by atoms with E-state index in [1.165, 1.54) is 16.7 Å². The van der Waals surface area contributed by atoms with E-state index in [0.717, 1.165) is 19.4 Å². The summed E-state index contributed by atoms with van der Waals surface area (Å²) in [5, 5.41) is 10.1. The van der Waals surface area contributed by atoms with Gasteiger partial charge in [0.25, 0.3) is 0 Å². The lowest BCUT2D eigenvalue weighted by atomic mass is 9.55.